The second kappa shape index (κ2) is 5.44. The number of nitrogens with zero attached hydrogens (tertiary/aromatic N) is 1. The first-order valence-electron chi connectivity index (χ1n) is 10.9. The second-order valence-corrected chi connectivity index (χ2v) is 9.81. The van der Waals surface area contributed by atoms with Gasteiger partial charge in [-0.25, -0.2) is 0 Å². The Balaban J connectivity index is 1.57. The first kappa shape index (κ1) is 17.1. The molecular weight excluding hydrogens is 352 g/mol. The van der Waals surface area contributed by atoms with Crippen LogP contribution < -0.4 is 10.1 Å². The maximum atomic E-state index is 11.7. The number of hydrogen-bond donors (Lipinski definition) is 1. The standard InChI is InChI=1S/C23H30N2O3/c1-15(26)28-14-16-13-21-7-4-11-25-12-10-22(20(21)25)17-5-3-6-18(27-2)19(17)24-23(16,22)9-8-21/h3,5-6,16,20,24H,4,7-14H2,1-2H3/t16?,20-,21?,22+,23?/m0/s1. The summed E-state index contributed by atoms with van der Waals surface area (Å²) in [5.74, 6) is 1.15. The molecule has 150 valence electrons. The van der Waals surface area contributed by atoms with Crippen LogP contribution in [0.4, 0.5) is 5.69 Å². The molecule has 5 nitrogen and oxygen atoms in total. The summed E-state index contributed by atoms with van der Waals surface area (Å²) >= 11 is 0. The predicted molar refractivity (Wildman–Crippen MR) is 107 cm³/mol. The van der Waals surface area contributed by atoms with Gasteiger partial charge in [0.05, 0.1) is 24.9 Å². The number of anilines is 1. The number of carbonyl (C=O) groups is 1. The third-order valence-corrected chi connectivity index (χ3v) is 9.05. The first-order valence-corrected chi connectivity index (χ1v) is 10.9. The van der Waals surface area contributed by atoms with Crippen molar-refractivity contribution >= 4 is 11.7 Å². The van der Waals surface area contributed by atoms with Gasteiger partial charge in [0.1, 0.15) is 5.75 Å². The molecular formula is C23H30N2O3. The van der Waals surface area contributed by atoms with E-state index in [2.05, 4.69) is 28.4 Å². The van der Waals surface area contributed by atoms with Crippen LogP contribution >= 0.6 is 0 Å². The lowest BCUT2D eigenvalue weighted by atomic mass is 9.39. The Morgan fingerprint density at radius 1 is 1.25 bits per heavy atom. The average molecular weight is 383 g/mol. The summed E-state index contributed by atoms with van der Waals surface area (Å²) in [6, 6.07) is 7.19. The lowest BCUT2D eigenvalue weighted by Crippen LogP contribution is -2.76. The van der Waals surface area contributed by atoms with E-state index in [4.69, 9.17) is 9.47 Å². The highest BCUT2D eigenvalue weighted by Gasteiger charge is 2.78. The molecule has 5 heteroatoms. The van der Waals surface area contributed by atoms with Gasteiger partial charge in [-0.15, -0.1) is 0 Å². The molecule has 5 atom stereocenters. The fourth-order valence-corrected chi connectivity index (χ4v) is 8.41. The van der Waals surface area contributed by atoms with Crippen molar-refractivity contribution in [1.82, 2.24) is 4.90 Å². The van der Waals surface area contributed by atoms with Gasteiger partial charge >= 0.3 is 5.97 Å². The highest BCUT2D eigenvalue weighted by molar-refractivity contribution is 5.74. The van der Waals surface area contributed by atoms with E-state index in [1.165, 1.54) is 69.8 Å². The largest absolute Gasteiger partial charge is 0.495 e. The van der Waals surface area contributed by atoms with E-state index in [9.17, 15) is 4.79 Å². The number of piperidine rings is 1. The van der Waals surface area contributed by atoms with Crippen molar-refractivity contribution in [2.24, 2.45) is 11.3 Å². The minimum Gasteiger partial charge on any atom is -0.495 e. The lowest BCUT2D eigenvalue weighted by molar-refractivity contribution is -0.158. The zero-order valence-electron chi connectivity index (χ0n) is 16.9. The van der Waals surface area contributed by atoms with Crippen molar-refractivity contribution in [1.29, 1.82) is 0 Å². The first-order chi connectivity index (χ1) is 13.6. The maximum Gasteiger partial charge on any atom is 0.302 e. The monoisotopic (exact) mass is 382 g/mol. The van der Waals surface area contributed by atoms with E-state index in [0.717, 1.165) is 5.75 Å². The molecule has 6 aliphatic rings. The zero-order valence-corrected chi connectivity index (χ0v) is 16.9. The summed E-state index contributed by atoms with van der Waals surface area (Å²) < 4.78 is 11.4. The molecule has 3 aliphatic carbocycles. The summed E-state index contributed by atoms with van der Waals surface area (Å²) in [5.41, 5.74) is 3.10. The summed E-state index contributed by atoms with van der Waals surface area (Å²) in [7, 11) is 1.77. The summed E-state index contributed by atoms with van der Waals surface area (Å²) in [6.45, 7) is 4.49. The highest BCUT2D eigenvalue weighted by atomic mass is 16.5. The van der Waals surface area contributed by atoms with E-state index in [0.29, 0.717) is 24.0 Å². The molecule has 3 unspecified atom stereocenters. The number of nitrogens with one attached hydrogen (secondary N) is 1. The Kier molecular flexibility index (Phi) is 3.33. The van der Waals surface area contributed by atoms with Crippen LogP contribution in [-0.2, 0) is 14.9 Å². The minimum absolute atomic E-state index is 0.0298. The van der Waals surface area contributed by atoms with Gasteiger partial charge in [0.25, 0.3) is 0 Å². The van der Waals surface area contributed by atoms with Crippen molar-refractivity contribution in [3.8, 4) is 5.75 Å². The van der Waals surface area contributed by atoms with Crippen molar-refractivity contribution in [3.05, 3.63) is 23.8 Å². The van der Waals surface area contributed by atoms with Gasteiger partial charge < -0.3 is 14.8 Å². The molecule has 3 spiro atoms. The minimum atomic E-state index is -0.161. The van der Waals surface area contributed by atoms with Crippen LogP contribution in [0.2, 0.25) is 0 Å². The van der Waals surface area contributed by atoms with Crippen LogP contribution in [0.15, 0.2) is 18.2 Å². The fourth-order valence-electron chi connectivity index (χ4n) is 8.41. The number of ether oxygens (including phenoxy) is 2. The molecule has 7 rings (SSSR count). The summed E-state index contributed by atoms with van der Waals surface area (Å²) in [4.78, 5) is 14.5. The van der Waals surface area contributed by atoms with E-state index in [-0.39, 0.29) is 16.9 Å². The van der Waals surface area contributed by atoms with Crippen LogP contribution in [0, 0.1) is 11.3 Å². The summed E-state index contributed by atoms with van der Waals surface area (Å²) in [6.07, 6.45) is 7.45. The number of para-hydroxylation sites is 1. The van der Waals surface area contributed by atoms with Crippen LogP contribution in [-0.4, -0.2) is 49.3 Å². The topological polar surface area (TPSA) is 50.8 Å². The molecule has 5 fully saturated rings. The molecule has 1 aromatic carbocycles. The fraction of sp³-hybridized carbons (Fsp3) is 0.696. The predicted octanol–water partition coefficient (Wildman–Crippen LogP) is 3.33. The molecule has 28 heavy (non-hydrogen) atoms. The van der Waals surface area contributed by atoms with Gasteiger partial charge in [0.2, 0.25) is 0 Å². The molecule has 2 bridgehead atoms. The Morgan fingerprint density at radius 3 is 2.96 bits per heavy atom. The summed E-state index contributed by atoms with van der Waals surface area (Å²) in [5, 5.41) is 4.04. The van der Waals surface area contributed by atoms with Gasteiger partial charge in [-0.2, -0.15) is 0 Å². The molecule has 3 aliphatic heterocycles. The van der Waals surface area contributed by atoms with Gasteiger partial charge in [-0.3, -0.25) is 9.69 Å². The third kappa shape index (κ3) is 1.76. The van der Waals surface area contributed by atoms with Gasteiger partial charge in [-0.05, 0) is 68.7 Å². The molecule has 0 amide bonds. The number of benzene rings is 1. The number of esters is 1. The third-order valence-electron chi connectivity index (χ3n) is 9.05. The highest BCUT2D eigenvalue weighted by Crippen LogP contribution is 2.74. The van der Waals surface area contributed by atoms with E-state index in [1.54, 1.807) is 7.11 Å². The van der Waals surface area contributed by atoms with Gasteiger partial charge in [0, 0.05) is 24.3 Å². The zero-order chi connectivity index (χ0) is 19.1. The Morgan fingerprint density at radius 2 is 2.14 bits per heavy atom. The Bertz CT molecular complexity index is 856. The average Bonchev–Trinajstić information content (AvgIpc) is 3.24. The quantitative estimate of drug-likeness (QED) is 0.813. The molecule has 2 saturated heterocycles. The van der Waals surface area contributed by atoms with Crippen molar-refractivity contribution in [3.63, 3.8) is 0 Å². The SMILES string of the molecule is COc1cccc2c1NC13CCC4(CCCN5CC[C@]21[C@@H]54)CC3COC(C)=O. The maximum absolute atomic E-state index is 11.7. The number of rotatable bonds is 3. The smallest absolute Gasteiger partial charge is 0.302 e. The van der Waals surface area contributed by atoms with Crippen LogP contribution in [0.1, 0.15) is 51.0 Å². The van der Waals surface area contributed by atoms with Crippen molar-refractivity contribution < 1.29 is 14.3 Å². The van der Waals surface area contributed by atoms with Crippen LogP contribution in [0.5, 0.6) is 5.75 Å². The number of methoxy groups -OCH3 is 1. The Labute approximate surface area is 166 Å². The van der Waals surface area contributed by atoms with Crippen molar-refractivity contribution in [2.75, 3.05) is 32.1 Å². The number of hydrogen-bond acceptors (Lipinski definition) is 5. The Hall–Kier alpha value is -1.75. The van der Waals surface area contributed by atoms with Crippen LogP contribution in [0.25, 0.3) is 0 Å². The van der Waals surface area contributed by atoms with E-state index >= 15 is 0 Å². The lowest BCUT2D eigenvalue weighted by Gasteiger charge is -2.69. The second-order valence-electron chi connectivity index (χ2n) is 9.81. The molecule has 0 aromatic heterocycles. The molecule has 1 aromatic rings. The molecule has 3 heterocycles. The van der Waals surface area contributed by atoms with E-state index < -0.39 is 0 Å². The molecule has 1 N–H and O–H groups in total. The van der Waals surface area contributed by atoms with Crippen molar-refractivity contribution in [2.45, 2.75) is 62.4 Å². The number of carbonyl (C=O) groups excluding carboxylic acids is 1. The van der Waals surface area contributed by atoms with Crippen LogP contribution in [0.3, 0.4) is 0 Å². The van der Waals surface area contributed by atoms with Gasteiger partial charge in [-0.1, -0.05) is 12.1 Å². The van der Waals surface area contributed by atoms with E-state index in [1.807, 2.05) is 0 Å². The van der Waals surface area contributed by atoms with Gasteiger partial charge in [0.15, 0.2) is 0 Å². The molecule has 3 saturated carbocycles. The normalized spacial score (nSPS) is 42.4. The number of fused-ring (bicyclic) bond motifs is 3. The molecule has 0 radical (unpaired) electrons.